The molecule has 3 N–H and O–H groups in total. The topological polar surface area (TPSA) is 70.8 Å². The van der Waals surface area contributed by atoms with E-state index in [2.05, 4.69) is 16.3 Å². The zero-order valence-electron chi connectivity index (χ0n) is 15.0. The Morgan fingerprint density at radius 3 is 2.42 bits per heavy atom. The largest absolute Gasteiger partial charge is 0.444 e. The Labute approximate surface area is 143 Å². The highest BCUT2D eigenvalue weighted by Gasteiger charge is 2.44. The summed E-state index contributed by atoms with van der Waals surface area (Å²) in [5.41, 5.74) is 8.45. The zero-order chi connectivity index (χ0) is 17.5. The molecule has 0 spiro atoms. The number of carbonyl (C=O) groups excluding carboxylic acids is 1. The van der Waals surface area contributed by atoms with Crippen molar-refractivity contribution in [2.45, 2.75) is 51.3 Å². The average molecular weight is 332 g/mol. The highest BCUT2D eigenvalue weighted by molar-refractivity contribution is 5.82. The predicted molar refractivity (Wildman–Crippen MR) is 97.5 cm³/mol. The standard InChI is InChI=1S/C18H28N4O2/c1-18(2,3)24-17(23)22-12-8-9-13(22)11-21(10-12)15-7-5-6-14(19)16(15)20-4/h5-7,12-13,20H,8-11,19H2,1-4H3. The van der Waals surface area contributed by atoms with E-state index in [0.29, 0.717) is 0 Å². The number of hydrogen-bond acceptors (Lipinski definition) is 5. The second-order valence-corrected chi connectivity index (χ2v) is 7.67. The molecule has 3 rings (SSSR count). The molecule has 0 aromatic heterocycles. The molecule has 24 heavy (non-hydrogen) atoms. The number of nitrogens with one attached hydrogen (secondary N) is 1. The Bertz CT molecular complexity index is 612. The molecule has 2 aliphatic rings. The normalized spacial score (nSPS) is 23.3. The molecular formula is C18H28N4O2. The van der Waals surface area contributed by atoms with Gasteiger partial charge in [-0.3, -0.25) is 4.90 Å². The lowest BCUT2D eigenvalue weighted by Gasteiger charge is -2.42. The third-order valence-electron chi connectivity index (χ3n) is 4.75. The number of fused-ring (bicyclic) bond motifs is 2. The van der Waals surface area contributed by atoms with E-state index >= 15 is 0 Å². The SMILES string of the molecule is CNc1c(N)cccc1N1CC2CCC(C1)N2C(=O)OC(C)(C)C. The molecule has 6 nitrogen and oxygen atoms in total. The summed E-state index contributed by atoms with van der Waals surface area (Å²) in [4.78, 5) is 16.8. The number of hydrogen-bond donors (Lipinski definition) is 2. The van der Waals surface area contributed by atoms with Crippen LogP contribution in [0.25, 0.3) is 0 Å². The van der Waals surface area contributed by atoms with Crippen molar-refractivity contribution in [3.05, 3.63) is 18.2 Å². The number of benzene rings is 1. The first-order valence-corrected chi connectivity index (χ1v) is 8.62. The summed E-state index contributed by atoms with van der Waals surface area (Å²) in [6, 6.07) is 6.37. The average Bonchev–Trinajstić information content (AvgIpc) is 2.76. The third kappa shape index (κ3) is 3.09. The first kappa shape index (κ1) is 16.7. The number of piperazine rings is 1. The summed E-state index contributed by atoms with van der Waals surface area (Å²) < 4.78 is 5.60. The minimum atomic E-state index is -0.458. The van der Waals surface area contributed by atoms with Crippen LogP contribution < -0.4 is 16.0 Å². The van der Waals surface area contributed by atoms with E-state index in [4.69, 9.17) is 10.5 Å². The Kier molecular flexibility index (Phi) is 4.24. The number of carbonyl (C=O) groups is 1. The fraction of sp³-hybridized carbons (Fsp3) is 0.611. The van der Waals surface area contributed by atoms with Crippen LogP contribution in [-0.2, 0) is 4.74 Å². The van der Waals surface area contributed by atoms with E-state index in [9.17, 15) is 4.79 Å². The van der Waals surface area contributed by atoms with E-state index in [1.807, 2.05) is 44.9 Å². The lowest BCUT2D eigenvalue weighted by atomic mass is 10.1. The third-order valence-corrected chi connectivity index (χ3v) is 4.75. The second-order valence-electron chi connectivity index (χ2n) is 7.67. The summed E-state index contributed by atoms with van der Waals surface area (Å²) in [6.45, 7) is 7.36. The number of rotatable bonds is 2. The number of anilines is 3. The highest BCUT2D eigenvalue weighted by atomic mass is 16.6. The van der Waals surface area contributed by atoms with Gasteiger partial charge in [0.15, 0.2) is 0 Å². The molecule has 1 amide bonds. The maximum atomic E-state index is 12.5. The van der Waals surface area contributed by atoms with Gasteiger partial charge in [0, 0.05) is 20.1 Å². The zero-order valence-corrected chi connectivity index (χ0v) is 15.0. The molecule has 2 fully saturated rings. The van der Waals surface area contributed by atoms with Crippen LogP contribution in [0.1, 0.15) is 33.6 Å². The van der Waals surface area contributed by atoms with Crippen molar-refractivity contribution in [3.8, 4) is 0 Å². The Balaban J connectivity index is 1.79. The van der Waals surface area contributed by atoms with Crippen LogP contribution in [0.5, 0.6) is 0 Å². The van der Waals surface area contributed by atoms with Gasteiger partial charge in [0.1, 0.15) is 5.60 Å². The van der Waals surface area contributed by atoms with Gasteiger partial charge in [0.2, 0.25) is 0 Å². The van der Waals surface area contributed by atoms with Crippen LogP contribution in [-0.4, -0.2) is 48.8 Å². The van der Waals surface area contributed by atoms with Gasteiger partial charge < -0.3 is 20.7 Å². The fourth-order valence-electron chi connectivity index (χ4n) is 3.81. The van der Waals surface area contributed by atoms with Crippen LogP contribution in [0.2, 0.25) is 0 Å². The number of ether oxygens (including phenoxy) is 1. The Morgan fingerprint density at radius 2 is 1.88 bits per heavy atom. The molecule has 2 aliphatic heterocycles. The van der Waals surface area contributed by atoms with Crippen LogP contribution in [0.15, 0.2) is 18.2 Å². The number of para-hydroxylation sites is 1. The number of nitrogen functional groups attached to an aromatic ring is 1. The number of nitrogens with two attached hydrogens (primary N) is 1. The van der Waals surface area contributed by atoms with Gasteiger partial charge in [-0.25, -0.2) is 4.79 Å². The van der Waals surface area contributed by atoms with Gasteiger partial charge in [-0.1, -0.05) is 6.07 Å². The molecule has 2 unspecified atom stereocenters. The summed E-state index contributed by atoms with van der Waals surface area (Å²) in [5, 5.41) is 3.20. The highest BCUT2D eigenvalue weighted by Crippen LogP contribution is 2.38. The molecule has 0 radical (unpaired) electrons. The molecule has 0 aliphatic carbocycles. The summed E-state index contributed by atoms with van der Waals surface area (Å²) in [5.74, 6) is 0. The van der Waals surface area contributed by atoms with Crippen molar-refractivity contribution in [2.24, 2.45) is 0 Å². The van der Waals surface area contributed by atoms with Crippen molar-refractivity contribution >= 4 is 23.2 Å². The van der Waals surface area contributed by atoms with E-state index < -0.39 is 5.60 Å². The van der Waals surface area contributed by atoms with Crippen molar-refractivity contribution in [2.75, 3.05) is 36.1 Å². The van der Waals surface area contributed by atoms with Crippen LogP contribution >= 0.6 is 0 Å². The van der Waals surface area contributed by atoms with Crippen molar-refractivity contribution in [1.29, 1.82) is 0 Å². The smallest absolute Gasteiger partial charge is 0.410 e. The van der Waals surface area contributed by atoms with Gasteiger partial charge in [0.25, 0.3) is 0 Å². The van der Waals surface area contributed by atoms with E-state index in [0.717, 1.165) is 43.0 Å². The minimum Gasteiger partial charge on any atom is -0.444 e. The second kappa shape index (κ2) is 6.07. The molecule has 1 aromatic carbocycles. The molecular weight excluding hydrogens is 304 g/mol. The maximum absolute atomic E-state index is 12.5. The Hall–Kier alpha value is -2.11. The van der Waals surface area contributed by atoms with E-state index in [-0.39, 0.29) is 18.2 Å². The maximum Gasteiger partial charge on any atom is 0.410 e. The van der Waals surface area contributed by atoms with Gasteiger partial charge in [-0.15, -0.1) is 0 Å². The molecule has 0 saturated carbocycles. The molecule has 2 bridgehead atoms. The lowest BCUT2D eigenvalue weighted by Crippen LogP contribution is -2.56. The van der Waals surface area contributed by atoms with Gasteiger partial charge in [-0.05, 0) is 45.7 Å². The summed E-state index contributed by atoms with van der Waals surface area (Å²) >= 11 is 0. The summed E-state index contributed by atoms with van der Waals surface area (Å²) in [6.07, 6.45) is 1.87. The van der Waals surface area contributed by atoms with Crippen molar-refractivity contribution in [3.63, 3.8) is 0 Å². The molecule has 132 valence electrons. The minimum absolute atomic E-state index is 0.184. The summed E-state index contributed by atoms with van der Waals surface area (Å²) in [7, 11) is 1.89. The van der Waals surface area contributed by atoms with E-state index in [1.54, 1.807) is 0 Å². The van der Waals surface area contributed by atoms with Gasteiger partial charge in [0.05, 0.1) is 29.1 Å². The molecule has 6 heteroatoms. The first-order valence-electron chi connectivity index (χ1n) is 8.62. The lowest BCUT2D eigenvalue weighted by molar-refractivity contribution is 0.0123. The fourth-order valence-corrected chi connectivity index (χ4v) is 3.81. The molecule has 2 saturated heterocycles. The quantitative estimate of drug-likeness (QED) is 0.815. The number of amides is 1. The molecule has 2 atom stereocenters. The van der Waals surface area contributed by atoms with Gasteiger partial charge in [-0.2, -0.15) is 0 Å². The monoisotopic (exact) mass is 332 g/mol. The van der Waals surface area contributed by atoms with Crippen LogP contribution in [0.4, 0.5) is 21.9 Å². The first-order chi connectivity index (χ1) is 11.3. The van der Waals surface area contributed by atoms with Crippen LogP contribution in [0, 0.1) is 0 Å². The van der Waals surface area contributed by atoms with Crippen LogP contribution in [0.3, 0.4) is 0 Å². The van der Waals surface area contributed by atoms with Crippen molar-refractivity contribution in [1.82, 2.24) is 4.90 Å². The molecule has 2 heterocycles. The van der Waals surface area contributed by atoms with Gasteiger partial charge >= 0.3 is 6.09 Å². The Morgan fingerprint density at radius 1 is 1.25 bits per heavy atom. The van der Waals surface area contributed by atoms with Crippen molar-refractivity contribution < 1.29 is 9.53 Å². The predicted octanol–water partition coefficient (Wildman–Crippen LogP) is 2.90. The van der Waals surface area contributed by atoms with E-state index in [1.165, 1.54) is 0 Å². The molecule has 1 aromatic rings. The number of nitrogens with zero attached hydrogens (tertiary/aromatic N) is 2.